The standard InChI is InChI=1S/C28H28N2O7S/c1-3-34-22-10-6-20(7-11-22)26-30-28(27(37-26)29-15-14-19-4-8-21(33-2)9-5-19)38(31,32)23-12-13-24-25(18-23)36-17-16-35-24/h4-13,18,29H,3,14-17H2,1-2H3. The van der Waals surface area contributed by atoms with E-state index in [9.17, 15) is 8.42 Å². The van der Waals surface area contributed by atoms with Gasteiger partial charge in [0.25, 0.3) is 0 Å². The number of sulfone groups is 1. The SMILES string of the molecule is CCOc1ccc(-c2nc(S(=O)(=O)c3ccc4c(c3)OCCO4)c(NCCc3ccc(OC)cc3)o2)cc1. The molecule has 4 aromatic rings. The molecule has 0 fully saturated rings. The molecule has 1 aromatic heterocycles. The van der Waals surface area contributed by atoms with E-state index in [0.717, 1.165) is 11.3 Å². The van der Waals surface area contributed by atoms with E-state index in [2.05, 4.69) is 10.3 Å². The second-order valence-corrected chi connectivity index (χ2v) is 10.3. The number of rotatable bonds is 10. The van der Waals surface area contributed by atoms with Crippen LogP contribution in [0.25, 0.3) is 11.5 Å². The van der Waals surface area contributed by atoms with Gasteiger partial charge in [-0.15, -0.1) is 0 Å². The molecule has 0 radical (unpaired) electrons. The highest BCUT2D eigenvalue weighted by Gasteiger charge is 2.30. The quantitative estimate of drug-likeness (QED) is 0.299. The van der Waals surface area contributed by atoms with E-state index in [1.54, 1.807) is 37.4 Å². The number of hydrogen-bond acceptors (Lipinski definition) is 9. The van der Waals surface area contributed by atoms with Crippen LogP contribution in [0.2, 0.25) is 0 Å². The lowest BCUT2D eigenvalue weighted by Gasteiger charge is -2.18. The van der Waals surface area contributed by atoms with Gasteiger partial charge in [-0.05, 0) is 67.4 Å². The number of anilines is 1. The second kappa shape index (κ2) is 11.1. The van der Waals surface area contributed by atoms with Crippen molar-refractivity contribution in [3.8, 4) is 34.5 Å². The van der Waals surface area contributed by atoms with Gasteiger partial charge in [-0.3, -0.25) is 0 Å². The molecule has 0 spiro atoms. The number of methoxy groups -OCH3 is 1. The molecular formula is C28H28N2O7S. The maximum Gasteiger partial charge on any atom is 0.233 e. The van der Waals surface area contributed by atoms with Gasteiger partial charge in [-0.25, -0.2) is 8.42 Å². The van der Waals surface area contributed by atoms with E-state index in [0.29, 0.717) is 55.6 Å². The summed E-state index contributed by atoms with van der Waals surface area (Å²) in [6.45, 7) is 3.63. The van der Waals surface area contributed by atoms with Crippen molar-refractivity contribution < 1.29 is 31.8 Å². The Morgan fingerprint density at radius 2 is 1.63 bits per heavy atom. The molecule has 38 heavy (non-hydrogen) atoms. The number of ether oxygens (including phenoxy) is 4. The predicted molar refractivity (Wildman–Crippen MR) is 141 cm³/mol. The van der Waals surface area contributed by atoms with E-state index < -0.39 is 9.84 Å². The van der Waals surface area contributed by atoms with Gasteiger partial charge in [0, 0.05) is 18.2 Å². The zero-order chi connectivity index (χ0) is 26.5. The van der Waals surface area contributed by atoms with Crippen LogP contribution in [0.3, 0.4) is 0 Å². The highest BCUT2D eigenvalue weighted by molar-refractivity contribution is 7.91. The summed E-state index contributed by atoms with van der Waals surface area (Å²) in [6.07, 6.45) is 0.632. The minimum atomic E-state index is -4.06. The van der Waals surface area contributed by atoms with Crippen LogP contribution in [-0.2, 0) is 16.3 Å². The van der Waals surface area contributed by atoms with Crippen LogP contribution in [0.4, 0.5) is 5.88 Å². The summed E-state index contributed by atoms with van der Waals surface area (Å²) in [5.41, 5.74) is 1.68. The number of fused-ring (bicyclic) bond motifs is 1. The number of aromatic nitrogens is 1. The lowest BCUT2D eigenvalue weighted by molar-refractivity contribution is 0.171. The Balaban J connectivity index is 1.46. The Morgan fingerprint density at radius 1 is 0.921 bits per heavy atom. The topological polar surface area (TPSA) is 109 Å². The molecule has 0 unspecified atom stereocenters. The van der Waals surface area contributed by atoms with Gasteiger partial charge in [0.2, 0.25) is 26.6 Å². The normalized spacial score (nSPS) is 12.7. The maximum absolute atomic E-state index is 13.7. The van der Waals surface area contributed by atoms with Crippen molar-refractivity contribution in [2.45, 2.75) is 23.3 Å². The molecule has 0 bridgehead atoms. The largest absolute Gasteiger partial charge is 0.497 e. The van der Waals surface area contributed by atoms with Crippen molar-refractivity contribution in [2.24, 2.45) is 0 Å². The molecule has 0 amide bonds. The van der Waals surface area contributed by atoms with Crippen molar-refractivity contribution in [1.29, 1.82) is 0 Å². The minimum Gasteiger partial charge on any atom is -0.497 e. The summed E-state index contributed by atoms with van der Waals surface area (Å²) in [5.74, 6) is 2.59. The maximum atomic E-state index is 13.7. The Hall–Kier alpha value is -4.18. The fourth-order valence-corrected chi connectivity index (χ4v) is 5.29. The molecule has 0 atom stereocenters. The fraction of sp³-hybridized carbons (Fsp3) is 0.250. The minimum absolute atomic E-state index is 0.0338. The van der Waals surface area contributed by atoms with E-state index in [1.807, 2.05) is 31.2 Å². The summed E-state index contributed by atoms with van der Waals surface area (Å²) in [5, 5.41) is 2.93. The molecule has 198 valence electrons. The first-order valence-corrected chi connectivity index (χ1v) is 13.7. The average molecular weight is 537 g/mol. The van der Waals surface area contributed by atoms with Crippen LogP contribution in [0.15, 0.2) is 81.1 Å². The molecule has 2 heterocycles. The summed E-state index contributed by atoms with van der Waals surface area (Å²) in [4.78, 5) is 4.45. The summed E-state index contributed by atoms with van der Waals surface area (Å²) < 4.78 is 55.3. The molecule has 3 aromatic carbocycles. The van der Waals surface area contributed by atoms with Crippen LogP contribution >= 0.6 is 0 Å². The summed E-state index contributed by atoms with van der Waals surface area (Å²) >= 11 is 0. The zero-order valence-corrected chi connectivity index (χ0v) is 21.9. The van der Waals surface area contributed by atoms with Crippen molar-refractivity contribution in [3.63, 3.8) is 0 Å². The van der Waals surface area contributed by atoms with Gasteiger partial charge in [0.1, 0.15) is 24.7 Å². The number of hydrogen-bond donors (Lipinski definition) is 1. The van der Waals surface area contributed by atoms with E-state index >= 15 is 0 Å². The number of benzene rings is 3. The molecular weight excluding hydrogens is 508 g/mol. The third-order valence-corrected chi connectivity index (χ3v) is 7.61. The molecule has 0 aliphatic carbocycles. The lowest BCUT2D eigenvalue weighted by Crippen LogP contribution is -2.16. The smallest absolute Gasteiger partial charge is 0.233 e. The van der Waals surface area contributed by atoms with E-state index in [-0.39, 0.29) is 21.7 Å². The number of nitrogens with one attached hydrogen (secondary N) is 1. The summed E-state index contributed by atoms with van der Waals surface area (Å²) in [6, 6.07) is 19.3. The molecule has 5 rings (SSSR count). The van der Waals surface area contributed by atoms with Crippen molar-refractivity contribution in [1.82, 2.24) is 4.98 Å². The average Bonchev–Trinajstić information content (AvgIpc) is 3.39. The fourth-order valence-electron chi connectivity index (χ4n) is 4.00. The molecule has 1 aliphatic heterocycles. The molecule has 0 saturated heterocycles. The number of oxazole rings is 1. The number of nitrogens with zero attached hydrogens (tertiary/aromatic N) is 1. The first-order chi connectivity index (χ1) is 18.5. The summed E-state index contributed by atoms with van der Waals surface area (Å²) in [7, 11) is -2.44. The highest BCUT2D eigenvalue weighted by Crippen LogP contribution is 2.37. The van der Waals surface area contributed by atoms with Gasteiger partial charge in [0.15, 0.2) is 11.5 Å². The van der Waals surface area contributed by atoms with Crippen LogP contribution < -0.4 is 24.3 Å². The van der Waals surface area contributed by atoms with Gasteiger partial charge < -0.3 is 28.7 Å². The third-order valence-electron chi connectivity index (χ3n) is 5.95. The molecule has 10 heteroatoms. The van der Waals surface area contributed by atoms with E-state index in [4.69, 9.17) is 23.4 Å². The first-order valence-electron chi connectivity index (χ1n) is 12.2. The monoisotopic (exact) mass is 536 g/mol. The van der Waals surface area contributed by atoms with Crippen molar-refractivity contribution >= 4 is 15.7 Å². The molecule has 0 saturated carbocycles. The molecule has 1 aliphatic rings. The van der Waals surface area contributed by atoms with E-state index in [1.165, 1.54) is 12.1 Å². The Morgan fingerprint density at radius 3 is 2.34 bits per heavy atom. The zero-order valence-electron chi connectivity index (χ0n) is 21.1. The predicted octanol–water partition coefficient (Wildman–Crippen LogP) is 5.01. The Bertz CT molecular complexity index is 1500. The van der Waals surface area contributed by atoms with Crippen LogP contribution in [-0.4, -0.2) is 46.9 Å². The van der Waals surface area contributed by atoms with Gasteiger partial charge >= 0.3 is 0 Å². The first kappa shape index (κ1) is 25.5. The Kier molecular flexibility index (Phi) is 7.41. The molecule has 1 N–H and O–H groups in total. The highest BCUT2D eigenvalue weighted by atomic mass is 32.2. The van der Waals surface area contributed by atoms with Gasteiger partial charge in [-0.2, -0.15) is 4.98 Å². The van der Waals surface area contributed by atoms with Crippen LogP contribution in [0, 0.1) is 0 Å². The lowest BCUT2D eigenvalue weighted by atomic mass is 10.1. The molecule has 9 nitrogen and oxygen atoms in total. The Labute approximate surface area is 221 Å². The third kappa shape index (κ3) is 5.40. The van der Waals surface area contributed by atoms with Crippen LogP contribution in [0.1, 0.15) is 12.5 Å². The van der Waals surface area contributed by atoms with Gasteiger partial charge in [-0.1, -0.05) is 12.1 Å². The van der Waals surface area contributed by atoms with Crippen molar-refractivity contribution in [3.05, 3.63) is 72.3 Å². The van der Waals surface area contributed by atoms with Crippen LogP contribution in [0.5, 0.6) is 23.0 Å². The van der Waals surface area contributed by atoms with Crippen molar-refractivity contribution in [2.75, 3.05) is 38.8 Å². The van der Waals surface area contributed by atoms with Gasteiger partial charge in [0.05, 0.1) is 18.6 Å². The second-order valence-electron chi connectivity index (χ2n) is 8.44.